The van der Waals surface area contributed by atoms with Crippen molar-refractivity contribution >= 4 is 34.8 Å². The molecule has 0 radical (unpaired) electrons. The van der Waals surface area contributed by atoms with E-state index in [9.17, 15) is 9.18 Å². The van der Waals surface area contributed by atoms with Gasteiger partial charge in [0.15, 0.2) is 5.65 Å². The van der Waals surface area contributed by atoms with Gasteiger partial charge in [0.05, 0.1) is 26.1 Å². The van der Waals surface area contributed by atoms with E-state index in [1.807, 2.05) is 41.8 Å². The molecule has 2 heterocycles. The minimum absolute atomic E-state index is 0.0362. The average molecular weight is 522 g/mol. The van der Waals surface area contributed by atoms with E-state index in [-0.39, 0.29) is 23.8 Å². The van der Waals surface area contributed by atoms with E-state index in [1.165, 1.54) is 7.11 Å². The second-order valence-corrected chi connectivity index (χ2v) is 9.67. The van der Waals surface area contributed by atoms with Crippen molar-refractivity contribution in [2.75, 3.05) is 24.9 Å². The molecule has 2 aliphatic carbocycles. The van der Waals surface area contributed by atoms with Crippen molar-refractivity contribution < 1.29 is 18.7 Å². The third kappa shape index (κ3) is 5.56. The highest BCUT2D eigenvalue weighted by molar-refractivity contribution is 5.76. The predicted octanol–water partition coefficient (Wildman–Crippen LogP) is 5.61. The molecule has 0 bridgehead atoms. The third-order valence-corrected chi connectivity index (χ3v) is 6.97. The highest BCUT2D eigenvalue weighted by atomic mass is 19.1. The normalized spacial score (nSPS) is 21.3. The van der Waals surface area contributed by atoms with E-state index in [0.717, 1.165) is 37.1 Å². The number of anilines is 3. The number of aromatic nitrogens is 4. The van der Waals surface area contributed by atoms with Gasteiger partial charge in [-0.2, -0.15) is 4.98 Å². The fraction of sp³-hybridized carbons (Fsp3) is 0.407. The van der Waals surface area contributed by atoms with Gasteiger partial charge < -0.3 is 25.4 Å². The summed E-state index contributed by atoms with van der Waals surface area (Å²) in [5, 5.41) is 9.36. The first-order valence-electron chi connectivity index (χ1n) is 12.8. The molecule has 3 N–H and O–H groups in total. The van der Waals surface area contributed by atoms with Gasteiger partial charge in [-0.3, -0.25) is 4.57 Å². The smallest absolute Gasteiger partial charge is 0.407 e. The number of allylic oxidation sites excluding steroid dienone is 3. The topological polar surface area (TPSA) is 115 Å². The van der Waals surface area contributed by atoms with Crippen LogP contribution in [-0.2, 0) is 4.74 Å². The Hall–Kier alpha value is -4.15. The number of benzene rings is 1. The Morgan fingerprint density at radius 1 is 1.08 bits per heavy atom. The Balaban J connectivity index is 1.46. The number of nitrogens with zero attached hydrogens (tertiary/aromatic N) is 4. The zero-order valence-electron chi connectivity index (χ0n) is 21.7. The van der Waals surface area contributed by atoms with Crippen molar-refractivity contribution in [2.24, 2.45) is 5.92 Å². The van der Waals surface area contributed by atoms with Gasteiger partial charge in [0.1, 0.15) is 17.1 Å². The van der Waals surface area contributed by atoms with E-state index in [2.05, 4.69) is 20.9 Å². The number of nitrogens with one attached hydrogen (secondary N) is 3. The molecule has 5 rings (SSSR count). The summed E-state index contributed by atoms with van der Waals surface area (Å²) in [5.74, 6) is 1.62. The summed E-state index contributed by atoms with van der Waals surface area (Å²) in [6, 6.07) is 7.57. The van der Waals surface area contributed by atoms with E-state index in [1.54, 1.807) is 19.4 Å². The van der Waals surface area contributed by atoms with Crippen LogP contribution >= 0.6 is 0 Å². The van der Waals surface area contributed by atoms with Crippen molar-refractivity contribution in [1.29, 1.82) is 0 Å². The molecule has 0 saturated heterocycles. The van der Waals surface area contributed by atoms with Crippen LogP contribution in [0.3, 0.4) is 0 Å². The molecule has 2 aromatic heterocycles. The molecule has 2 aliphatic rings. The Labute approximate surface area is 220 Å². The number of carbonyl (C=O) groups is 1. The van der Waals surface area contributed by atoms with Crippen LogP contribution in [0.2, 0.25) is 0 Å². The first-order chi connectivity index (χ1) is 18.4. The lowest BCUT2D eigenvalue weighted by atomic mass is 9.91. The number of hydrogen-bond donors (Lipinski definition) is 3. The van der Waals surface area contributed by atoms with Gasteiger partial charge in [0.2, 0.25) is 11.9 Å². The number of halogens is 1. The molecule has 0 aliphatic heterocycles. The molecule has 1 unspecified atom stereocenters. The lowest BCUT2D eigenvalue weighted by Crippen LogP contribution is -2.38. The van der Waals surface area contributed by atoms with E-state index < -0.39 is 6.09 Å². The van der Waals surface area contributed by atoms with Crippen LogP contribution in [0.1, 0.15) is 45.1 Å². The van der Waals surface area contributed by atoms with Crippen LogP contribution in [0.4, 0.5) is 26.8 Å². The maximum absolute atomic E-state index is 14.7. The number of alkyl carbamates (subject to hydrolysis) is 1. The van der Waals surface area contributed by atoms with E-state index >= 15 is 0 Å². The van der Waals surface area contributed by atoms with Crippen LogP contribution in [0.15, 0.2) is 54.1 Å². The molecule has 200 valence electrons. The molecular formula is C27H32FN7O3. The number of methoxy groups -OCH3 is 2. The van der Waals surface area contributed by atoms with Crippen molar-refractivity contribution in [2.45, 2.75) is 51.1 Å². The number of fused-ring (bicyclic) bond motifs is 1. The maximum atomic E-state index is 14.7. The molecule has 1 fully saturated rings. The summed E-state index contributed by atoms with van der Waals surface area (Å²) < 4.78 is 26.7. The summed E-state index contributed by atoms with van der Waals surface area (Å²) in [6.45, 7) is 2.05. The quantitative estimate of drug-likeness (QED) is 0.368. The van der Waals surface area contributed by atoms with Gasteiger partial charge in [-0.1, -0.05) is 13.0 Å². The number of imidazole rings is 1. The monoisotopic (exact) mass is 521 g/mol. The number of ether oxygens (including phenoxy) is 2. The molecular weight excluding hydrogens is 489 g/mol. The fourth-order valence-corrected chi connectivity index (χ4v) is 4.95. The minimum Gasteiger partial charge on any atom is -0.497 e. The largest absolute Gasteiger partial charge is 0.497 e. The van der Waals surface area contributed by atoms with Crippen molar-refractivity contribution in [1.82, 2.24) is 24.8 Å². The third-order valence-electron chi connectivity index (χ3n) is 6.97. The van der Waals surface area contributed by atoms with Gasteiger partial charge >= 0.3 is 6.09 Å². The zero-order valence-corrected chi connectivity index (χ0v) is 21.7. The summed E-state index contributed by atoms with van der Waals surface area (Å²) in [7, 11) is 2.99. The van der Waals surface area contributed by atoms with E-state index in [4.69, 9.17) is 19.4 Å². The molecule has 11 heteroatoms. The molecule has 3 aromatic rings. The molecule has 1 amide bonds. The molecule has 1 saturated carbocycles. The predicted molar refractivity (Wildman–Crippen MR) is 143 cm³/mol. The maximum Gasteiger partial charge on any atom is 0.407 e. The first-order valence-corrected chi connectivity index (χ1v) is 12.8. The summed E-state index contributed by atoms with van der Waals surface area (Å²) >= 11 is 0. The van der Waals surface area contributed by atoms with E-state index in [0.29, 0.717) is 35.2 Å². The van der Waals surface area contributed by atoms with Gasteiger partial charge in [-0.15, -0.1) is 0 Å². The molecule has 1 atom stereocenters. The van der Waals surface area contributed by atoms with Crippen LogP contribution < -0.4 is 20.7 Å². The Kier molecular flexibility index (Phi) is 7.43. The second-order valence-electron chi connectivity index (χ2n) is 9.67. The van der Waals surface area contributed by atoms with Crippen molar-refractivity contribution in [3.8, 4) is 5.75 Å². The molecule has 10 nitrogen and oxygen atoms in total. The molecule has 38 heavy (non-hydrogen) atoms. The highest BCUT2D eigenvalue weighted by Gasteiger charge is 2.28. The van der Waals surface area contributed by atoms with Crippen LogP contribution in [-0.4, -0.2) is 45.9 Å². The average Bonchev–Trinajstić information content (AvgIpc) is 3.28. The lowest BCUT2D eigenvalue weighted by Gasteiger charge is -2.30. The zero-order chi connectivity index (χ0) is 26.6. The van der Waals surface area contributed by atoms with Crippen molar-refractivity contribution in [3.05, 3.63) is 54.1 Å². The van der Waals surface area contributed by atoms with Gasteiger partial charge in [-0.25, -0.2) is 19.2 Å². The number of amides is 1. The Bertz CT molecular complexity index is 1360. The molecule has 0 spiro atoms. The van der Waals surface area contributed by atoms with Crippen LogP contribution in [0.5, 0.6) is 5.75 Å². The van der Waals surface area contributed by atoms with Gasteiger partial charge in [0, 0.05) is 17.8 Å². The summed E-state index contributed by atoms with van der Waals surface area (Å²) in [6.07, 6.45) is 8.51. The number of carbonyl (C=O) groups excluding carboxylic acids is 1. The van der Waals surface area contributed by atoms with Crippen LogP contribution in [0.25, 0.3) is 11.2 Å². The SMILES string of the molecule is COC(=O)NC1CCC(n2c(NC3=CC(C)CC=C3F)nc3cnc(Nc4ccc(OC)cc4)nc32)CC1. The van der Waals surface area contributed by atoms with Crippen molar-refractivity contribution in [3.63, 3.8) is 0 Å². The Morgan fingerprint density at radius 3 is 2.55 bits per heavy atom. The van der Waals surface area contributed by atoms with Gasteiger partial charge in [0.25, 0.3) is 0 Å². The fourth-order valence-electron chi connectivity index (χ4n) is 4.95. The summed E-state index contributed by atoms with van der Waals surface area (Å²) in [4.78, 5) is 25.7. The van der Waals surface area contributed by atoms with Gasteiger partial charge in [-0.05, 0) is 68.4 Å². The molecule has 1 aromatic carbocycles. The highest BCUT2D eigenvalue weighted by Crippen LogP contribution is 2.36. The number of hydrogen-bond acceptors (Lipinski definition) is 8. The Morgan fingerprint density at radius 2 is 1.84 bits per heavy atom. The lowest BCUT2D eigenvalue weighted by molar-refractivity contribution is 0.161. The second kappa shape index (κ2) is 11.1. The minimum atomic E-state index is -0.425. The summed E-state index contributed by atoms with van der Waals surface area (Å²) in [5.41, 5.74) is 2.48. The standard InChI is InChI=1S/C27H32FN7O3/c1-16-4-13-21(28)22(14-16)32-26-33-23-15-29-25(30-17-7-11-20(37-2)12-8-17)34-24(23)35(26)19-9-5-18(6-10-19)31-27(36)38-3/h7-8,11-16,18-19H,4-6,9-10H2,1-3H3,(H,31,36)(H,32,33)(H,29,30,34). The first kappa shape index (κ1) is 25.5. The van der Waals surface area contributed by atoms with Crippen LogP contribution in [0, 0.1) is 5.92 Å². The number of rotatable bonds is 7.